The Bertz CT molecular complexity index is 1040. The molecule has 0 aliphatic carbocycles. The second-order valence-electron chi connectivity index (χ2n) is 8.78. The molecule has 5 atom stereocenters. The minimum absolute atomic E-state index is 0.0531. The zero-order valence-electron chi connectivity index (χ0n) is 21.4. The Balaban J connectivity index is 3.05. The number of carbonyl (C=O) groups excluding carboxylic acids is 4. The number of hydrogen-bond donors (Lipinski definition) is 10. The molecule has 14 N–H and O–H groups in total. The zero-order valence-corrected chi connectivity index (χ0v) is 21.4. The summed E-state index contributed by atoms with van der Waals surface area (Å²) in [5.74, 6) is -5.37. The first kappa shape index (κ1) is 32.6. The van der Waals surface area contributed by atoms with Crippen LogP contribution in [0, 0.1) is 0 Å². The number of phenols is 1. The number of aliphatic imine (C=N–C) groups is 1. The number of aliphatic hydroxyl groups excluding tert-OH is 1. The van der Waals surface area contributed by atoms with Gasteiger partial charge in [-0.15, -0.1) is 0 Å². The molecule has 16 nitrogen and oxygen atoms in total. The number of aromatic hydroxyl groups is 1. The molecule has 0 saturated carbocycles. The zero-order chi connectivity index (χ0) is 29.7. The Kier molecular flexibility index (Phi) is 13.1. The monoisotopic (exact) mass is 552 g/mol. The number of aliphatic carboxylic acids is 1. The van der Waals surface area contributed by atoms with E-state index in [1.165, 1.54) is 31.2 Å². The van der Waals surface area contributed by atoms with Crippen molar-refractivity contribution in [2.75, 3.05) is 6.54 Å². The quantitative estimate of drug-likeness (QED) is 0.0537. The summed E-state index contributed by atoms with van der Waals surface area (Å²) in [5, 5.41) is 35.9. The van der Waals surface area contributed by atoms with Crippen molar-refractivity contribution < 1.29 is 39.3 Å². The Morgan fingerprint density at radius 2 is 1.51 bits per heavy atom. The van der Waals surface area contributed by atoms with E-state index in [1.54, 1.807) is 0 Å². The van der Waals surface area contributed by atoms with Gasteiger partial charge in [-0.3, -0.25) is 24.2 Å². The molecule has 1 rings (SSSR count). The largest absolute Gasteiger partial charge is 0.508 e. The highest BCUT2D eigenvalue weighted by Crippen LogP contribution is 2.12. The molecule has 5 unspecified atom stereocenters. The molecule has 16 heteroatoms. The van der Waals surface area contributed by atoms with Gasteiger partial charge in [0.05, 0.1) is 18.6 Å². The Morgan fingerprint density at radius 1 is 0.923 bits per heavy atom. The highest BCUT2D eigenvalue weighted by atomic mass is 16.4. The van der Waals surface area contributed by atoms with Gasteiger partial charge in [0.1, 0.15) is 23.9 Å². The molecule has 216 valence electrons. The summed E-state index contributed by atoms with van der Waals surface area (Å²) < 4.78 is 0. The third-order valence-corrected chi connectivity index (χ3v) is 5.40. The van der Waals surface area contributed by atoms with Gasteiger partial charge in [-0.1, -0.05) is 12.1 Å². The number of phenolic OH excluding ortho intramolecular Hbond substituents is 1. The third kappa shape index (κ3) is 12.1. The van der Waals surface area contributed by atoms with Gasteiger partial charge in [0.15, 0.2) is 5.96 Å². The topological polar surface area (TPSA) is 299 Å². The van der Waals surface area contributed by atoms with Gasteiger partial charge in [-0.2, -0.15) is 0 Å². The van der Waals surface area contributed by atoms with Gasteiger partial charge < -0.3 is 54.2 Å². The predicted octanol–water partition coefficient (Wildman–Crippen LogP) is -3.89. The van der Waals surface area contributed by atoms with E-state index >= 15 is 0 Å². The van der Waals surface area contributed by atoms with Gasteiger partial charge in [-0.05, 0) is 37.5 Å². The fourth-order valence-corrected chi connectivity index (χ4v) is 3.33. The SMILES string of the molecule is CC(O)C(NC(=O)C(N)CCCN=C(N)N)C(=O)NC(Cc1ccc(O)cc1)C(=O)NC(CC(N)=O)C(=O)O. The maximum atomic E-state index is 13.1. The minimum atomic E-state index is -1.67. The number of carboxylic acids is 1. The van der Waals surface area contributed by atoms with E-state index in [9.17, 15) is 39.3 Å². The van der Waals surface area contributed by atoms with E-state index in [0.29, 0.717) is 12.0 Å². The fraction of sp³-hybridized carbons (Fsp3) is 0.478. The lowest BCUT2D eigenvalue weighted by Crippen LogP contribution is -2.60. The van der Waals surface area contributed by atoms with E-state index in [4.69, 9.17) is 22.9 Å². The van der Waals surface area contributed by atoms with Crippen LogP contribution in [0.5, 0.6) is 5.75 Å². The lowest BCUT2D eigenvalue weighted by atomic mass is 10.0. The number of carbonyl (C=O) groups is 5. The van der Waals surface area contributed by atoms with Gasteiger partial charge in [0.2, 0.25) is 23.6 Å². The Labute approximate surface area is 224 Å². The molecule has 0 aliphatic heterocycles. The number of nitrogens with one attached hydrogen (secondary N) is 3. The van der Waals surface area contributed by atoms with Crippen LogP contribution in [0.25, 0.3) is 0 Å². The second-order valence-corrected chi connectivity index (χ2v) is 8.78. The van der Waals surface area contributed by atoms with Crippen molar-refractivity contribution in [2.24, 2.45) is 27.9 Å². The van der Waals surface area contributed by atoms with Crippen LogP contribution in [0.3, 0.4) is 0 Å². The lowest BCUT2D eigenvalue weighted by Gasteiger charge is -2.26. The standard InChI is InChI=1S/C23H36N8O8/c1-11(32)18(31-19(35)14(24)3-2-8-28-23(26)27)21(37)29-15(9-12-4-6-13(33)7-5-12)20(36)30-16(22(38)39)10-17(25)34/h4-7,11,14-16,18,32-33H,2-3,8-10,24H2,1H3,(H2,25,34)(H,29,37)(H,30,36)(H,31,35)(H,38,39)(H4,26,27,28). The number of nitrogens with two attached hydrogens (primary N) is 4. The number of carboxylic acid groups (broad SMARTS) is 1. The first-order chi connectivity index (χ1) is 18.2. The molecule has 0 aromatic heterocycles. The van der Waals surface area contributed by atoms with Crippen molar-refractivity contribution in [3.05, 3.63) is 29.8 Å². The van der Waals surface area contributed by atoms with E-state index in [-0.39, 0.29) is 31.1 Å². The molecule has 0 fully saturated rings. The summed E-state index contributed by atoms with van der Waals surface area (Å²) >= 11 is 0. The molecule has 1 aromatic rings. The number of aliphatic hydroxyl groups is 1. The van der Waals surface area contributed by atoms with Crippen molar-refractivity contribution in [3.8, 4) is 5.75 Å². The fourth-order valence-electron chi connectivity index (χ4n) is 3.33. The van der Waals surface area contributed by atoms with E-state index in [0.717, 1.165) is 0 Å². The first-order valence-electron chi connectivity index (χ1n) is 11.9. The third-order valence-electron chi connectivity index (χ3n) is 5.40. The number of guanidine groups is 1. The van der Waals surface area contributed by atoms with E-state index in [2.05, 4.69) is 20.9 Å². The van der Waals surface area contributed by atoms with Gasteiger partial charge >= 0.3 is 5.97 Å². The van der Waals surface area contributed by atoms with Crippen LogP contribution in [0.2, 0.25) is 0 Å². The summed E-state index contributed by atoms with van der Waals surface area (Å²) in [4.78, 5) is 65.0. The van der Waals surface area contributed by atoms with E-state index in [1.807, 2.05) is 0 Å². The number of benzene rings is 1. The highest BCUT2D eigenvalue weighted by molar-refractivity contribution is 5.95. The maximum absolute atomic E-state index is 13.1. The van der Waals surface area contributed by atoms with E-state index < -0.39 is 66.3 Å². The molecular weight excluding hydrogens is 516 g/mol. The number of rotatable bonds is 16. The van der Waals surface area contributed by atoms with Crippen LogP contribution >= 0.6 is 0 Å². The highest BCUT2D eigenvalue weighted by Gasteiger charge is 2.33. The van der Waals surface area contributed by atoms with Crippen LogP contribution in [0.1, 0.15) is 31.7 Å². The minimum Gasteiger partial charge on any atom is -0.508 e. The summed E-state index contributed by atoms with van der Waals surface area (Å²) in [7, 11) is 0. The van der Waals surface area contributed by atoms with Gasteiger partial charge in [0.25, 0.3) is 0 Å². The molecule has 0 heterocycles. The van der Waals surface area contributed by atoms with Crippen molar-refractivity contribution in [3.63, 3.8) is 0 Å². The summed E-state index contributed by atoms with van der Waals surface area (Å²) in [6.07, 6.45) is -1.76. The number of hydrogen-bond acceptors (Lipinski definition) is 9. The lowest BCUT2D eigenvalue weighted by molar-refractivity contribution is -0.143. The first-order valence-corrected chi connectivity index (χ1v) is 11.9. The molecule has 39 heavy (non-hydrogen) atoms. The van der Waals surface area contributed by atoms with Crippen molar-refractivity contribution in [2.45, 2.75) is 62.9 Å². The molecule has 0 spiro atoms. The average Bonchev–Trinajstić information content (AvgIpc) is 2.84. The molecule has 0 radical (unpaired) electrons. The number of amides is 4. The number of nitrogens with zero attached hydrogens (tertiary/aromatic N) is 1. The maximum Gasteiger partial charge on any atom is 0.326 e. The average molecular weight is 553 g/mol. The molecule has 0 bridgehead atoms. The predicted molar refractivity (Wildman–Crippen MR) is 139 cm³/mol. The Morgan fingerprint density at radius 3 is 2.03 bits per heavy atom. The van der Waals surface area contributed by atoms with Crippen LogP contribution in [-0.4, -0.2) is 87.7 Å². The van der Waals surface area contributed by atoms with Crippen LogP contribution < -0.4 is 38.9 Å². The molecule has 1 aromatic carbocycles. The normalized spacial score (nSPS) is 14.5. The Hall–Kier alpha value is -4.44. The van der Waals surface area contributed by atoms with Crippen molar-refractivity contribution in [1.82, 2.24) is 16.0 Å². The second kappa shape index (κ2) is 15.7. The van der Waals surface area contributed by atoms with Gasteiger partial charge in [0, 0.05) is 13.0 Å². The molecular formula is C23H36N8O8. The van der Waals surface area contributed by atoms with Crippen molar-refractivity contribution in [1.29, 1.82) is 0 Å². The smallest absolute Gasteiger partial charge is 0.326 e. The summed E-state index contributed by atoms with van der Waals surface area (Å²) in [6.45, 7) is 1.46. The van der Waals surface area contributed by atoms with Crippen LogP contribution in [0.15, 0.2) is 29.3 Å². The molecule has 0 aliphatic rings. The summed E-state index contributed by atoms with van der Waals surface area (Å²) in [6, 6.07) is -0.0582. The van der Waals surface area contributed by atoms with Crippen molar-refractivity contribution >= 4 is 35.6 Å². The molecule has 0 saturated heterocycles. The summed E-state index contributed by atoms with van der Waals surface area (Å²) in [5.41, 5.74) is 21.8. The van der Waals surface area contributed by atoms with Crippen LogP contribution in [-0.2, 0) is 30.4 Å². The molecule has 4 amide bonds. The number of primary amides is 1. The van der Waals surface area contributed by atoms with Crippen LogP contribution in [0.4, 0.5) is 0 Å². The van der Waals surface area contributed by atoms with Gasteiger partial charge in [-0.25, -0.2) is 4.79 Å².